The summed E-state index contributed by atoms with van der Waals surface area (Å²) in [6, 6.07) is 9.95. The Hall–Kier alpha value is -1.28. The van der Waals surface area contributed by atoms with Gasteiger partial charge in [0.1, 0.15) is 11.3 Å². The SMILES string of the molecule is CC(C)(C)[C@@H](N)c1cc2ccccc2o1. The van der Waals surface area contributed by atoms with Crippen LogP contribution in [0.1, 0.15) is 32.6 Å². The minimum absolute atomic E-state index is 0.0217. The highest BCUT2D eigenvalue weighted by atomic mass is 16.3. The monoisotopic (exact) mass is 203 g/mol. The maximum Gasteiger partial charge on any atom is 0.134 e. The third-order valence-electron chi connectivity index (χ3n) is 2.68. The number of para-hydroxylation sites is 1. The van der Waals surface area contributed by atoms with Crippen LogP contribution in [0.2, 0.25) is 0 Å². The Morgan fingerprint density at radius 1 is 1.20 bits per heavy atom. The van der Waals surface area contributed by atoms with E-state index in [1.54, 1.807) is 0 Å². The van der Waals surface area contributed by atoms with Gasteiger partial charge in [-0.15, -0.1) is 0 Å². The number of rotatable bonds is 1. The molecule has 2 aromatic rings. The largest absolute Gasteiger partial charge is 0.459 e. The molecule has 1 aromatic heterocycles. The first-order chi connectivity index (χ1) is 6.98. The molecule has 0 unspecified atom stereocenters. The van der Waals surface area contributed by atoms with Crippen molar-refractivity contribution >= 4 is 11.0 Å². The Kier molecular flexibility index (Phi) is 2.31. The molecule has 0 aliphatic carbocycles. The molecule has 2 rings (SSSR count). The third kappa shape index (κ3) is 1.90. The van der Waals surface area contributed by atoms with Gasteiger partial charge < -0.3 is 10.2 Å². The van der Waals surface area contributed by atoms with Crippen LogP contribution in [0.5, 0.6) is 0 Å². The van der Waals surface area contributed by atoms with E-state index in [4.69, 9.17) is 10.2 Å². The van der Waals surface area contributed by atoms with E-state index >= 15 is 0 Å². The second-order valence-electron chi connectivity index (χ2n) is 5.03. The minimum atomic E-state index is -0.0649. The minimum Gasteiger partial charge on any atom is -0.459 e. The highest BCUT2D eigenvalue weighted by Crippen LogP contribution is 2.33. The first-order valence-electron chi connectivity index (χ1n) is 5.22. The Morgan fingerprint density at radius 2 is 1.87 bits per heavy atom. The van der Waals surface area contributed by atoms with Crippen LogP contribution in [0.3, 0.4) is 0 Å². The van der Waals surface area contributed by atoms with Crippen molar-refractivity contribution in [2.75, 3.05) is 0 Å². The van der Waals surface area contributed by atoms with Crippen molar-refractivity contribution < 1.29 is 4.42 Å². The highest BCUT2D eigenvalue weighted by Gasteiger charge is 2.25. The van der Waals surface area contributed by atoms with E-state index in [2.05, 4.69) is 20.8 Å². The second-order valence-corrected chi connectivity index (χ2v) is 5.03. The standard InChI is InChI=1S/C13H17NO/c1-13(2,3)12(14)11-8-9-6-4-5-7-10(9)15-11/h4-8,12H,14H2,1-3H3/t12-/m0/s1. The topological polar surface area (TPSA) is 39.2 Å². The summed E-state index contributed by atoms with van der Waals surface area (Å²) < 4.78 is 5.73. The van der Waals surface area contributed by atoms with Gasteiger partial charge in [0.2, 0.25) is 0 Å². The molecule has 0 saturated carbocycles. The molecule has 15 heavy (non-hydrogen) atoms. The molecular weight excluding hydrogens is 186 g/mol. The zero-order valence-corrected chi connectivity index (χ0v) is 9.45. The molecule has 2 nitrogen and oxygen atoms in total. The van der Waals surface area contributed by atoms with Crippen molar-refractivity contribution in [2.24, 2.45) is 11.1 Å². The van der Waals surface area contributed by atoms with Crippen LogP contribution in [-0.2, 0) is 0 Å². The second kappa shape index (κ2) is 3.38. The van der Waals surface area contributed by atoms with Crippen LogP contribution in [0.15, 0.2) is 34.7 Å². The van der Waals surface area contributed by atoms with Crippen LogP contribution in [0.25, 0.3) is 11.0 Å². The normalized spacial score (nSPS) is 14.4. The lowest BCUT2D eigenvalue weighted by Crippen LogP contribution is -2.25. The first kappa shape index (κ1) is 10.2. The summed E-state index contributed by atoms with van der Waals surface area (Å²) in [6.07, 6.45) is 0. The van der Waals surface area contributed by atoms with E-state index in [0.717, 1.165) is 16.7 Å². The molecular formula is C13H17NO. The smallest absolute Gasteiger partial charge is 0.134 e. The first-order valence-corrected chi connectivity index (χ1v) is 5.22. The van der Waals surface area contributed by atoms with Gasteiger partial charge in [-0.3, -0.25) is 0 Å². The summed E-state index contributed by atoms with van der Waals surface area (Å²) in [5, 5.41) is 1.12. The fourth-order valence-electron chi connectivity index (χ4n) is 1.58. The van der Waals surface area contributed by atoms with Crippen LogP contribution in [0, 0.1) is 5.41 Å². The number of benzene rings is 1. The Morgan fingerprint density at radius 3 is 2.47 bits per heavy atom. The molecule has 0 spiro atoms. The van der Waals surface area contributed by atoms with Crippen molar-refractivity contribution in [3.05, 3.63) is 36.1 Å². The van der Waals surface area contributed by atoms with Crippen LogP contribution in [0.4, 0.5) is 0 Å². The fourth-order valence-corrected chi connectivity index (χ4v) is 1.58. The van der Waals surface area contributed by atoms with Crippen LogP contribution >= 0.6 is 0 Å². The number of furan rings is 1. The lowest BCUT2D eigenvalue weighted by atomic mass is 9.86. The number of hydrogen-bond donors (Lipinski definition) is 1. The Bertz CT molecular complexity index is 432. The number of nitrogens with two attached hydrogens (primary N) is 1. The summed E-state index contributed by atoms with van der Waals surface area (Å²) in [7, 11) is 0. The van der Waals surface area contributed by atoms with Gasteiger partial charge in [-0.1, -0.05) is 39.0 Å². The predicted molar refractivity (Wildman–Crippen MR) is 62.6 cm³/mol. The average molecular weight is 203 g/mol. The maximum atomic E-state index is 6.14. The Labute approximate surface area is 90.1 Å². The molecule has 2 N–H and O–H groups in total. The van der Waals surface area contributed by atoms with Gasteiger partial charge >= 0.3 is 0 Å². The maximum absolute atomic E-state index is 6.14. The van der Waals surface area contributed by atoms with E-state index < -0.39 is 0 Å². The molecule has 0 aliphatic heterocycles. The van der Waals surface area contributed by atoms with Gasteiger partial charge in [0.15, 0.2) is 0 Å². The van der Waals surface area contributed by atoms with Gasteiger partial charge in [0.25, 0.3) is 0 Å². The molecule has 1 atom stereocenters. The number of fused-ring (bicyclic) bond motifs is 1. The molecule has 0 fully saturated rings. The average Bonchev–Trinajstić information content (AvgIpc) is 2.58. The lowest BCUT2D eigenvalue weighted by Gasteiger charge is -2.24. The zero-order chi connectivity index (χ0) is 11.1. The third-order valence-corrected chi connectivity index (χ3v) is 2.68. The summed E-state index contributed by atoms with van der Waals surface area (Å²) >= 11 is 0. The van der Waals surface area contributed by atoms with E-state index in [-0.39, 0.29) is 11.5 Å². The lowest BCUT2D eigenvalue weighted by molar-refractivity contribution is 0.290. The fraction of sp³-hybridized carbons (Fsp3) is 0.385. The zero-order valence-electron chi connectivity index (χ0n) is 9.45. The van der Waals surface area contributed by atoms with Crippen molar-refractivity contribution in [3.8, 4) is 0 Å². The quantitative estimate of drug-likeness (QED) is 0.770. The molecule has 2 heteroatoms. The summed E-state index contributed by atoms with van der Waals surface area (Å²) in [5.41, 5.74) is 7.07. The predicted octanol–water partition coefficient (Wildman–Crippen LogP) is 3.48. The summed E-state index contributed by atoms with van der Waals surface area (Å²) in [4.78, 5) is 0. The molecule has 0 aliphatic rings. The molecule has 0 saturated heterocycles. The molecule has 0 amide bonds. The molecule has 0 radical (unpaired) electrons. The molecule has 80 valence electrons. The van der Waals surface area contributed by atoms with Crippen LogP contribution < -0.4 is 5.73 Å². The van der Waals surface area contributed by atoms with Gasteiger partial charge in [-0.25, -0.2) is 0 Å². The highest BCUT2D eigenvalue weighted by molar-refractivity contribution is 5.77. The van der Waals surface area contributed by atoms with Crippen molar-refractivity contribution in [3.63, 3.8) is 0 Å². The Balaban J connectivity index is 2.45. The van der Waals surface area contributed by atoms with E-state index in [1.165, 1.54) is 0 Å². The molecule has 1 heterocycles. The molecule has 0 bridgehead atoms. The van der Waals surface area contributed by atoms with Gasteiger partial charge in [-0.2, -0.15) is 0 Å². The van der Waals surface area contributed by atoms with E-state index in [0.29, 0.717) is 0 Å². The summed E-state index contributed by atoms with van der Waals surface area (Å²) in [6.45, 7) is 6.35. The summed E-state index contributed by atoms with van der Waals surface area (Å²) in [5.74, 6) is 0.865. The number of hydrogen-bond acceptors (Lipinski definition) is 2. The van der Waals surface area contributed by atoms with Gasteiger partial charge in [0, 0.05) is 5.39 Å². The van der Waals surface area contributed by atoms with Gasteiger partial charge in [-0.05, 0) is 17.5 Å². The van der Waals surface area contributed by atoms with Crippen LogP contribution in [-0.4, -0.2) is 0 Å². The van der Waals surface area contributed by atoms with Gasteiger partial charge in [0.05, 0.1) is 6.04 Å². The van der Waals surface area contributed by atoms with Crippen molar-refractivity contribution in [2.45, 2.75) is 26.8 Å². The van der Waals surface area contributed by atoms with Crippen molar-refractivity contribution in [1.29, 1.82) is 0 Å². The van der Waals surface area contributed by atoms with E-state index in [9.17, 15) is 0 Å². The van der Waals surface area contributed by atoms with Crippen molar-refractivity contribution in [1.82, 2.24) is 0 Å². The molecule has 1 aromatic carbocycles. The van der Waals surface area contributed by atoms with E-state index in [1.807, 2.05) is 30.3 Å².